The molecule has 106 valence electrons. The van der Waals surface area contributed by atoms with Crippen LogP contribution in [0.5, 0.6) is 0 Å². The highest BCUT2D eigenvalue weighted by Gasteiger charge is 2.15. The number of aromatic nitrogens is 1. The minimum absolute atomic E-state index is 0.179. The average molecular weight is 309 g/mol. The Morgan fingerprint density at radius 1 is 1.20 bits per heavy atom. The maximum atomic E-state index is 6.08. The van der Waals surface area contributed by atoms with Crippen molar-refractivity contribution in [1.82, 2.24) is 10.3 Å². The molecule has 0 saturated heterocycles. The van der Waals surface area contributed by atoms with Crippen LogP contribution in [0.4, 0.5) is 0 Å². The van der Waals surface area contributed by atoms with E-state index in [0.29, 0.717) is 10.0 Å². The highest BCUT2D eigenvalue weighted by Crippen LogP contribution is 2.26. The summed E-state index contributed by atoms with van der Waals surface area (Å²) in [7, 11) is 0. The molecule has 4 heteroatoms. The smallest absolute Gasteiger partial charge is 0.0605 e. The minimum atomic E-state index is 0.179. The molecule has 2 rings (SSSR count). The molecule has 1 heterocycles. The molecule has 2 nitrogen and oxygen atoms in total. The lowest BCUT2D eigenvalue weighted by atomic mass is 10.00. The molecule has 0 bridgehead atoms. The first kappa shape index (κ1) is 15.3. The first-order valence-electron chi connectivity index (χ1n) is 6.70. The first-order chi connectivity index (χ1) is 9.61. The third-order valence-corrected chi connectivity index (χ3v) is 3.99. The van der Waals surface area contributed by atoms with Crippen LogP contribution in [0, 0.1) is 6.92 Å². The van der Waals surface area contributed by atoms with Crippen molar-refractivity contribution in [2.24, 2.45) is 0 Å². The molecule has 1 aromatic heterocycles. The fourth-order valence-corrected chi connectivity index (χ4v) is 2.60. The molecule has 1 N–H and O–H groups in total. The quantitative estimate of drug-likeness (QED) is 0.874. The van der Waals surface area contributed by atoms with E-state index in [4.69, 9.17) is 23.2 Å². The van der Waals surface area contributed by atoms with Crippen molar-refractivity contribution in [2.75, 3.05) is 6.54 Å². The Labute approximate surface area is 130 Å². The maximum absolute atomic E-state index is 6.08. The molecule has 1 unspecified atom stereocenters. The molecule has 1 aromatic carbocycles. The van der Waals surface area contributed by atoms with Crippen molar-refractivity contribution in [3.05, 3.63) is 63.4 Å². The van der Waals surface area contributed by atoms with Gasteiger partial charge in [0.25, 0.3) is 0 Å². The second-order valence-electron chi connectivity index (χ2n) is 4.77. The first-order valence-corrected chi connectivity index (χ1v) is 7.46. The van der Waals surface area contributed by atoms with Gasteiger partial charge in [0.15, 0.2) is 0 Å². The van der Waals surface area contributed by atoms with Crippen molar-refractivity contribution >= 4 is 23.2 Å². The monoisotopic (exact) mass is 308 g/mol. The van der Waals surface area contributed by atoms with E-state index in [1.165, 1.54) is 5.56 Å². The van der Waals surface area contributed by atoms with Gasteiger partial charge in [-0.25, -0.2) is 0 Å². The lowest BCUT2D eigenvalue weighted by Crippen LogP contribution is -2.24. The van der Waals surface area contributed by atoms with E-state index >= 15 is 0 Å². The third kappa shape index (κ3) is 3.72. The molecule has 20 heavy (non-hydrogen) atoms. The van der Waals surface area contributed by atoms with Gasteiger partial charge in [0, 0.05) is 6.20 Å². The number of nitrogens with one attached hydrogen (secondary N) is 1. The molecular weight excluding hydrogens is 291 g/mol. The van der Waals surface area contributed by atoms with Crippen molar-refractivity contribution < 1.29 is 0 Å². The Bertz CT molecular complexity index is 584. The van der Waals surface area contributed by atoms with Crippen molar-refractivity contribution in [1.29, 1.82) is 0 Å². The minimum Gasteiger partial charge on any atom is -0.309 e. The Morgan fingerprint density at radius 3 is 2.65 bits per heavy atom. The second-order valence-corrected chi connectivity index (χ2v) is 5.58. The van der Waals surface area contributed by atoms with Crippen LogP contribution in [-0.2, 0) is 6.42 Å². The van der Waals surface area contributed by atoms with Gasteiger partial charge in [-0.05, 0) is 49.2 Å². The zero-order valence-corrected chi connectivity index (χ0v) is 13.2. The highest BCUT2D eigenvalue weighted by molar-refractivity contribution is 6.42. The van der Waals surface area contributed by atoms with Crippen LogP contribution in [0.3, 0.4) is 0 Å². The molecule has 2 aromatic rings. The zero-order chi connectivity index (χ0) is 14.5. The molecule has 0 amide bonds. The number of halogens is 2. The molecule has 0 aliphatic heterocycles. The van der Waals surface area contributed by atoms with E-state index in [1.54, 1.807) is 0 Å². The fourth-order valence-electron chi connectivity index (χ4n) is 2.28. The van der Waals surface area contributed by atoms with Gasteiger partial charge in [-0.2, -0.15) is 0 Å². The second kappa shape index (κ2) is 7.07. The van der Waals surface area contributed by atoms with E-state index < -0.39 is 0 Å². The summed E-state index contributed by atoms with van der Waals surface area (Å²) in [6, 6.07) is 10.00. The normalized spacial score (nSPS) is 12.4. The third-order valence-electron chi connectivity index (χ3n) is 3.25. The summed E-state index contributed by atoms with van der Waals surface area (Å²) in [6.07, 6.45) is 2.67. The van der Waals surface area contributed by atoms with E-state index in [9.17, 15) is 0 Å². The molecular formula is C16H18Cl2N2. The van der Waals surface area contributed by atoms with E-state index in [1.807, 2.05) is 30.5 Å². The van der Waals surface area contributed by atoms with Crippen LogP contribution in [0.25, 0.3) is 0 Å². The van der Waals surface area contributed by atoms with Crippen LogP contribution < -0.4 is 5.32 Å². The molecule has 0 radical (unpaired) electrons. The summed E-state index contributed by atoms with van der Waals surface area (Å²) >= 11 is 12.0. The Balaban J connectivity index is 2.25. The van der Waals surface area contributed by atoms with E-state index in [2.05, 4.69) is 30.2 Å². The van der Waals surface area contributed by atoms with Gasteiger partial charge < -0.3 is 5.32 Å². The van der Waals surface area contributed by atoms with E-state index in [0.717, 1.165) is 24.2 Å². The summed E-state index contributed by atoms with van der Waals surface area (Å²) < 4.78 is 0. The molecule has 0 spiro atoms. The molecule has 1 atom stereocenters. The Kier molecular flexibility index (Phi) is 5.41. The Morgan fingerprint density at radius 2 is 2.00 bits per heavy atom. The number of rotatable bonds is 5. The van der Waals surface area contributed by atoms with Crippen LogP contribution in [0.2, 0.25) is 10.0 Å². The standard InChI is InChI=1S/C16H18Cl2N2/c1-3-19-15(16-11(2)5-4-8-20-16)10-12-6-7-13(17)14(18)9-12/h4-9,15,19H,3,10H2,1-2H3. The predicted octanol–water partition coefficient (Wildman–Crippen LogP) is 4.59. The van der Waals surface area contributed by atoms with Gasteiger partial charge in [0.2, 0.25) is 0 Å². The summed E-state index contributed by atoms with van der Waals surface area (Å²) in [4.78, 5) is 4.51. The number of hydrogen-bond acceptors (Lipinski definition) is 2. The summed E-state index contributed by atoms with van der Waals surface area (Å²) in [6.45, 7) is 5.07. The van der Waals surface area contributed by atoms with Gasteiger partial charge in [-0.1, -0.05) is 42.3 Å². The predicted molar refractivity (Wildman–Crippen MR) is 85.6 cm³/mol. The lowest BCUT2D eigenvalue weighted by Gasteiger charge is -2.19. The number of pyridine rings is 1. The maximum Gasteiger partial charge on any atom is 0.0605 e. The molecule has 0 saturated carbocycles. The van der Waals surface area contributed by atoms with Crippen molar-refractivity contribution in [3.8, 4) is 0 Å². The average Bonchev–Trinajstić information content (AvgIpc) is 2.43. The van der Waals surface area contributed by atoms with Crippen molar-refractivity contribution in [2.45, 2.75) is 26.3 Å². The summed E-state index contributed by atoms with van der Waals surface area (Å²) in [5.41, 5.74) is 3.43. The number of aryl methyl sites for hydroxylation is 1. The van der Waals surface area contributed by atoms with Gasteiger partial charge in [-0.15, -0.1) is 0 Å². The van der Waals surface area contributed by atoms with Gasteiger partial charge in [0.05, 0.1) is 21.8 Å². The number of nitrogens with zero attached hydrogens (tertiary/aromatic N) is 1. The molecule has 0 fully saturated rings. The zero-order valence-electron chi connectivity index (χ0n) is 11.7. The largest absolute Gasteiger partial charge is 0.309 e. The molecule has 0 aliphatic carbocycles. The van der Waals surface area contributed by atoms with Gasteiger partial charge >= 0.3 is 0 Å². The van der Waals surface area contributed by atoms with Crippen molar-refractivity contribution in [3.63, 3.8) is 0 Å². The highest BCUT2D eigenvalue weighted by atomic mass is 35.5. The van der Waals surface area contributed by atoms with Gasteiger partial charge in [0.1, 0.15) is 0 Å². The summed E-state index contributed by atoms with van der Waals surface area (Å²) in [5.74, 6) is 0. The SMILES string of the molecule is CCNC(Cc1ccc(Cl)c(Cl)c1)c1ncccc1C. The van der Waals surface area contributed by atoms with Crippen LogP contribution in [0.15, 0.2) is 36.5 Å². The van der Waals surface area contributed by atoms with Crippen LogP contribution >= 0.6 is 23.2 Å². The molecule has 0 aliphatic rings. The number of likely N-dealkylation sites (N-methyl/N-ethyl adjacent to an activating group) is 1. The van der Waals surface area contributed by atoms with E-state index in [-0.39, 0.29) is 6.04 Å². The lowest BCUT2D eigenvalue weighted by molar-refractivity contribution is 0.534. The summed E-state index contributed by atoms with van der Waals surface area (Å²) in [5, 5.41) is 4.67. The number of hydrogen-bond donors (Lipinski definition) is 1. The van der Waals surface area contributed by atoms with Crippen LogP contribution in [0.1, 0.15) is 29.8 Å². The topological polar surface area (TPSA) is 24.9 Å². The number of benzene rings is 1. The Hall–Kier alpha value is -1.09. The van der Waals surface area contributed by atoms with Gasteiger partial charge in [-0.3, -0.25) is 4.98 Å². The van der Waals surface area contributed by atoms with Crippen LogP contribution in [-0.4, -0.2) is 11.5 Å². The fraction of sp³-hybridized carbons (Fsp3) is 0.312.